The Balaban J connectivity index is 1.57. The van der Waals surface area contributed by atoms with Crippen LogP contribution in [0, 0.1) is 0 Å². The molecule has 2 aromatic carbocycles. The fraction of sp³-hybridized carbons (Fsp3) is 0.167. The van der Waals surface area contributed by atoms with Gasteiger partial charge < -0.3 is 10.1 Å². The van der Waals surface area contributed by atoms with E-state index in [0.717, 1.165) is 11.1 Å². The second kappa shape index (κ2) is 10.1. The molecule has 1 atom stereocenters. The Bertz CT molecular complexity index is 1180. The number of anilines is 1. The first-order chi connectivity index (χ1) is 15.6. The van der Waals surface area contributed by atoms with Crippen LogP contribution in [-0.2, 0) is 11.3 Å². The predicted molar refractivity (Wildman–Crippen MR) is 126 cm³/mol. The maximum Gasteiger partial charge on any atom is 0.237 e. The summed E-state index contributed by atoms with van der Waals surface area (Å²) in [5, 5.41) is 12.0. The summed E-state index contributed by atoms with van der Waals surface area (Å²) in [6.07, 6.45) is 3.49. The Morgan fingerprint density at radius 3 is 2.69 bits per heavy atom. The Labute approximate surface area is 190 Å². The van der Waals surface area contributed by atoms with Gasteiger partial charge in [0.25, 0.3) is 0 Å². The first-order valence-electron chi connectivity index (χ1n) is 10.1. The molecule has 1 amide bonds. The van der Waals surface area contributed by atoms with Crippen LogP contribution in [0.25, 0.3) is 11.4 Å². The van der Waals surface area contributed by atoms with Crippen LogP contribution in [0.1, 0.15) is 12.5 Å². The van der Waals surface area contributed by atoms with Gasteiger partial charge in [-0.05, 0) is 36.8 Å². The number of nitrogens with zero attached hydrogens (tertiary/aromatic N) is 4. The summed E-state index contributed by atoms with van der Waals surface area (Å²) < 4.78 is 7.25. The van der Waals surface area contributed by atoms with Gasteiger partial charge in [-0.3, -0.25) is 14.3 Å². The fourth-order valence-electron chi connectivity index (χ4n) is 3.15. The third kappa shape index (κ3) is 5.15. The molecule has 7 nitrogen and oxygen atoms in total. The van der Waals surface area contributed by atoms with E-state index in [1.165, 1.54) is 11.8 Å². The molecule has 0 aliphatic rings. The number of nitrogens with one attached hydrogen (secondary N) is 1. The molecule has 8 heteroatoms. The molecular weight excluding hydrogens is 422 g/mol. The number of hydrogen-bond donors (Lipinski definition) is 1. The lowest BCUT2D eigenvalue weighted by molar-refractivity contribution is -0.115. The van der Waals surface area contributed by atoms with Crippen molar-refractivity contribution in [3.05, 3.63) is 84.7 Å². The van der Waals surface area contributed by atoms with Gasteiger partial charge in [0.2, 0.25) is 5.91 Å². The van der Waals surface area contributed by atoms with Crippen molar-refractivity contribution in [2.45, 2.75) is 23.9 Å². The summed E-state index contributed by atoms with van der Waals surface area (Å²) in [6, 6.07) is 21.2. The molecule has 2 heterocycles. The van der Waals surface area contributed by atoms with Gasteiger partial charge in [-0.15, -0.1) is 10.2 Å². The minimum atomic E-state index is -0.387. The van der Waals surface area contributed by atoms with Crippen LogP contribution in [0.15, 0.2) is 84.3 Å². The van der Waals surface area contributed by atoms with Gasteiger partial charge in [0.1, 0.15) is 5.75 Å². The lowest BCUT2D eigenvalue weighted by atomic mass is 10.2. The van der Waals surface area contributed by atoms with Crippen molar-refractivity contribution in [2.75, 3.05) is 12.4 Å². The monoisotopic (exact) mass is 445 g/mol. The number of ether oxygens (including phenoxy) is 1. The quantitative estimate of drug-likeness (QED) is 0.402. The van der Waals surface area contributed by atoms with E-state index in [1.54, 1.807) is 25.6 Å². The molecule has 32 heavy (non-hydrogen) atoms. The lowest BCUT2D eigenvalue weighted by Gasteiger charge is -2.14. The molecule has 2 aromatic heterocycles. The molecule has 0 saturated carbocycles. The number of pyridine rings is 1. The Morgan fingerprint density at radius 2 is 1.94 bits per heavy atom. The summed E-state index contributed by atoms with van der Waals surface area (Å²) in [6.45, 7) is 2.44. The Morgan fingerprint density at radius 1 is 1.09 bits per heavy atom. The van der Waals surface area contributed by atoms with Gasteiger partial charge in [0.15, 0.2) is 11.0 Å². The van der Waals surface area contributed by atoms with E-state index in [1.807, 2.05) is 60.0 Å². The molecule has 1 unspecified atom stereocenters. The van der Waals surface area contributed by atoms with E-state index in [0.29, 0.717) is 29.0 Å². The van der Waals surface area contributed by atoms with Gasteiger partial charge in [-0.25, -0.2) is 0 Å². The number of aromatic nitrogens is 4. The standard InChI is InChI=1S/C24H23N5O2S/c1-17(23(30)26-20-11-6-12-21(14-20)31-2)32-24-28-27-22(19-10-7-13-25-15-19)29(24)16-18-8-4-3-5-9-18/h3-15,17H,16H2,1-2H3,(H,26,30). The predicted octanol–water partition coefficient (Wildman–Crippen LogP) is 4.52. The highest BCUT2D eigenvalue weighted by molar-refractivity contribution is 8.00. The SMILES string of the molecule is COc1cccc(NC(=O)C(C)Sc2nnc(-c3cccnc3)n2Cc2ccccc2)c1. The van der Waals surface area contributed by atoms with Crippen molar-refractivity contribution in [1.82, 2.24) is 19.7 Å². The van der Waals surface area contributed by atoms with Crippen LogP contribution < -0.4 is 10.1 Å². The number of carbonyl (C=O) groups excluding carboxylic acids is 1. The van der Waals surface area contributed by atoms with E-state index in [9.17, 15) is 4.79 Å². The molecule has 0 bridgehead atoms. The average Bonchev–Trinajstić information content (AvgIpc) is 3.22. The van der Waals surface area contributed by atoms with Gasteiger partial charge in [-0.2, -0.15) is 0 Å². The summed E-state index contributed by atoms with van der Waals surface area (Å²) in [5.74, 6) is 1.28. The van der Waals surface area contributed by atoms with E-state index in [4.69, 9.17) is 4.74 Å². The third-order valence-corrected chi connectivity index (χ3v) is 5.89. The molecule has 0 aliphatic heterocycles. The average molecular weight is 446 g/mol. The number of hydrogen-bond acceptors (Lipinski definition) is 6. The second-order valence-corrected chi connectivity index (χ2v) is 8.41. The number of benzene rings is 2. The first kappa shape index (κ1) is 21.6. The summed E-state index contributed by atoms with van der Waals surface area (Å²) >= 11 is 1.37. The van der Waals surface area contributed by atoms with Crippen molar-refractivity contribution >= 4 is 23.4 Å². The number of carbonyl (C=O) groups is 1. The van der Waals surface area contributed by atoms with Crippen LogP contribution in [0.3, 0.4) is 0 Å². The molecule has 0 spiro atoms. The molecular formula is C24H23N5O2S. The second-order valence-electron chi connectivity index (χ2n) is 7.10. The summed E-state index contributed by atoms with van der Waals surface area (Å²) in [5.41, 5.74) is 2.67. The van der Waals surface area contributed by atoms with Crippen molar-refractivity contribution in [3.63, 3.8) is 0 Å². The van der Waals surface area contributed by atoms with Gasteiger partial charge in [0, 0.05) is 29.7 Å². The highest BCUT2D eigenvalue weighted by Crippen LogP contribution is 2.28. The zero-order valence-corrected chi connectivity index (χ0v) is 18.6. The van der Waals surface area contributed by atoms with Crippen LogP contribution >= 0.6 is 11.8 Å². The number of thioether (sulfide) groups is 1. The Hall–Kier alpha value is -3.65. The zero-order chi connectivity index (χ0) is 22.3. The normalized spacial score (nSPS) is 11.7. The molecule has 4 rings (SSSR count). The number of methoxy groups -OCH3 is 1. The molecule has 4 aromatic rings. The summed E-state index contributed by atoms with van der Waals surface area (Å²) in [4.78, 5) is 17.0. The highest BCUT2D eigenvalue weighted by Gasteiger charge is 2.21. The van der Waals surface area contributed by atoms with Crippen LogP contribution in [0.2, 0.25) is 0 Å². The lowest BCUT2D eigenvalue weighted by Crippen LogP contribution is -2.23. The van der Waals surface area contributed by atoms with E-state index >= 15 is 0 Å². The van der Waals surface area contributed by atoms with Crippen LogP contribution in [-0.4, -0.2) is 38.0 Å². The third-order valence-electron chi connectivity index (χ3n) is 4.81. The maximum atomic E-state index is 12.8. The molecule has 0 aliphatic carbocycles. The number of rotatable bonds is 8. The smallest absolute Gasteiger partial charge is 0.237 e. The van der Waals surface area contributed by atoms with Crippen LogP contribution in [0.5, 0.6) is 5.75 Å². The van der Waals surface area contributed by atoms with Crippen LogP contribution in [0.4, 0.5) is 5.69 Å². The van der Waals surface area contributed by atoms with E-state index < -0.39 is 0 Å². The minimum absolute atomic E-state index is 0.125. The topological polar surface area (TPSA) is 81.9 Å². The highest BCUT2D eigenvalue weighted by atomic mass is 32.2. The fourth-order valence-corrected chi connectivity index (χ4v) is 4.00. The van der Waals surface area contributed by atoms with Gasteiger partial charge >= 0.3 is 0 Å². The van der Waals surface area contributed by atoms with Crippen molar-refractivity contribution in [3.8, 4) is 17.1 Å². The van der Waals surface area contributed by atoms with Crippen molar-refractivity contribution in [2.24, 2.45) is 0 Å². The first-order valence-corrected chi connectivity index (χ1v) is 11.0. The van der Waals surface area contributed by atoms with Crippen molar-refractivity contribution in [1.29, 1.82) is 0 Å². The molecule has 1 N–H and O–H groups in total. The van der Waals surface area contributed by atoms with Crippen molar-refractivity contribution < 1.29 is 9.53 Å². The largest absolute Gasteiger partial charge is 0.497 e. The molecule has 162 valence electrons. The zero-order valence-electron chi connectivity index (χ0n) is 17.8. The van der Waals surface area contributed by atoms with E-state index in [2.05, 4.69) is 32.6 Å². The minimum Gasteiger partial charge on any atom is -0.497 e. The summed E-state index contributed by atoms with van der Waals surface area (Å²) in [7, 11) is 1.60. The Kier molecular flexibility index (Phi) is 6.81. The maximum absolute atomic E-state index is 12.8. The van der Waals surface area contributed by atoms with Gasteiger partial charge in [-0.1, -0.05) is 48.2 Å². The molecule has 0 fully saturated rings. The van der Waals surface area contributed by atoms with Gasteiger partial charge in [0.05, 0.1) is 18.9 Å². The number of amides is 1. The molecule has 0 saturated heterocycles. The molecule has 0 radical (unpaired) electrons. The van der Waals surface area contributed by atoms with E-state index in [-0.39, 0.29) is 11.2 Å².